The van der Waals surface area contributed by atoms with Crippen LogP contribution in [0, 0.1) is 5.82 Å². The van der Waals surface area contributed by atoms with Crippen molar-refractivity contribution in [3.8, 4) is 0 Å². The van der Waals surface area contributed by atoms with Crippen molar-refractivity contribution >= 4 is 21.9 Å². The lowest BCUT2D eigenvalue weighted by Crippen LogP contribution is -2.00. The molecule has 0 saturated carbocycles. The predicted octanol–water partition coefficient (Wildman–Crippen LogP) is 3.11. The molecule has 0 heterocycles. The molecule has 0 aliphatic carbocycles. The molecule has 0 unspecified atom stereocenters. The molecule has 0 fully saturated rings. The van der Waals surface area contributed by atoms with Crippen LogP contribution in [-0.2, 0) is 15.6 Å². The summed E-state index contributed by atoms with van der Waals surface area (Å²) in [4.78, 5) is 10.7. The normalized spacial score (nSPS) is 11.7. The number of hydrogen-bond acceptors (Lipinski definition) is 3. The van der Waals surface area contributed by atoms with Crippen LogP contribution in [0.25, 0.3) is 6.08 Å². The Hall–Kier alpha value is -2.47. The van der Waals surface area contributed by atoms with Crippen LogP contribution in [0.15, 0.2) is 53.9 Å². The van der Waals surface area contributed by atoms with E-state index in [0.717, 1.165) is 5.41 Å². The highest BCUT2D eigenvalue weighted by Crippen LogP contribution is 2.12. The molecule has 0 amide bonds. The maximum absolute atomic E-state index is 12.8. The standard InChI is InChI=1S/C16H13FO4S/c17-15-7-3-13(4-8-15)11-22(20,21)10-9-12-1-5-14(6-2-12)16(18)19/h1-10H,11H2,(H,18,19). The highest BCUT2D eigenvalue weighted by atomic mass is 32.2. The summed E-state index contributed by atoms with van der Waals surface area (Å²) in [6.07, 6.45) is 1.39. The molecule has 2 aromatic carbocycles. The highest BCUT2D eigenvalue weighted by Gasteiger charge is 2.08. The average Bonchev–Trinajstić information content (AvgIpc) is 2.48. The molecule has 0 aromatic heterocycles. The lowest BCUT2D eigenvalue weighted by Gasteiger charge is -2.00. The SMILES string of the molecule is O=C(O)c1ccc(C=CS(=O)(=O)Cc2ccc(F)cc2)cc1. The van der Waals surface area contributed by atoms with Crippen LogP contribution in [0.5, 0.6) is 0 Å². The van der Waals surface area contributed by atoms with Crippen LogP contribution in [-0.4, -0.2) is 19.5 Å². The van der Waals surface area contributed by atoms with Gasteiger partial charge in [0.15, 0.2) is 9.84 Å². The summed E-state index contributed by atoms with van der Waals surface area (Å²) in [5.41, 5.74) is 1.20. The van der Waals surface area contributed by atoms with Crippen molar-refractivity contribution in [1.29, 1.82) is 0 Å². The van der Waals surface area contributed by atoms with Crippen molar-refractivity contribution in [1.82, 2.24) is 0 Å². The number of aromatic carboxylic acids is 1. The van der Waals surface area contributed by atoms with Gasteiger partial charge in [-0.25, -0.2) is 17.6 Å². The summed E-state index contributed by atoms with van der Waals surface area (Å²) in [6.45, 7) is 0. The summed E-state index contributed by atoms with van der Waals surface area (Å²) in [7, 11) is -3.49. The molecule has 114 valence electrons. The fraction of sp³-hybridized carbons (Fsp3) is 0.0625. The van der Waals surface area contributed by atoms with E-state index < -0.39 is 21.6 Å². The Morgan fingerprint density at radius 2 is 1.64 bits per heavy atom. The van der Waals surface area contributed by atoms with E-state index in [0.29, 0.717) is 11.1 Å². The topological polar surface area (TPSA) is 71.4 Å². The van der Waals surface area contributed by atoms with Gasteiger partial charge in [-0.2, -0.15) is 0 Å². The smallest absolute Gasteiger partial charge is 0.335 e. The molecule has 4 nitrogen and oxygen atoms in total. The maximum Gasteiger partial charge on any atom is 0.335 e. The summed E-state index contributed by atoms with van der Waals surface area (Å²) in [6, 6.07) is 11.1. The van der Waals surface area contributed by atoms with Crippen molar-refractivity contribution in [2.24, 2.45) is 0 Å². The molecule has 1 N–H and O–H groups in total. The molecular formula is C16H13FO4S. The molecule has 2 aromatic rings. The van der Waals surface area contributed by atoms with E-state index in [4.69, 9.17) is 5.11 Å². The second-order valence-corrected chi connectivity index (χ2v) is 6.55. The third-order valence-electron chi connectivity index (χ3n) is 2.91. The minimum absolute atomic E-state index is 0.131. The third kappa shape index (κ3) is 4.53. The predicted molar refractivity (Wildman–Crippen MR) is 81.5 cm³/mol. The first-order valence-corrected chi connectivity index (χ1v) is 8.06. The van der Waals surface area contributed by atoms with E-state index in [-0.39, 0.29) is 11.3 Å². The van der Waals surface area contributed by atoms with Gasteiger partial charge in [0.05, 0.1) is 11.3 Å². The van der Waals surface area contributed by atoms with Gasteiger partial charge in [-0.1, -0.05) is 24.3 Å². The summed E-state index contributed by atoms with van der Waals surface area (Å²) >= 11 is 0. The first-order valence-electron chi connectivity index (χ1n) is 6.34. The molecule has 0 bridgehead atoms. The van der Waals surface area contributed by atoms with Crippen molar-refractivity contribution in [3.05, 3.63) is 76.4 Å². The first-order chi connectivity index (χ1) is 10.4. The zero-order chi connectivity index (χ0) is 16.2. The first kappa shape index (κ1) is 15.9. The number of carboxylic acid groups (broad SMARTS) is 1. The van der Waals surface area contributed by atoms with Crippen LogP contribution in [0.2, 0.25) is 0 Å². The van der Waals surface area contributed by atoms with E-state index in [2.05, 4.69) is 0 Å². The van der Waals surface area contributed by atoms with Crippen LogP contribution >= 0.6 is 0 Å². The lowest BCUT2D eigenvalue weighted by atomic mass is 10.1. The van der Waals surface area contributed by atoms with Crippen molar-refractivity contribution in [2.45, 2.75) is 5.75 Å². The summed E-state index contributed by atoms with van der Waals surface area (Å²) in [5.74, 6) is -1.69. The van der Waals surface area contributed by atoms with Crippen molar-refractivity contribution in [3.63, 3.8) is 0 Å². The van der Waals surface area contributed by atoms with Crippen molar-refractivity contribution < 1.29 is 22.7 Å². The Morgan fingerprint density at radius 3 is 2.18 bits per heavy atom. The Bertz CT molecular complexity index is 791. The van der Waals surface area contributed by atoms with E-state index in [1.807, 2.05) is 0 Å². The van der Waals surface area contributed by atoms with Gasteiger partial charge in [-0.15, -0.1) is 0 Å². The van der Waals surface area contributed by atoms with Crippen LogP contribution in [0.3, 0.4) is 0 Å². The Balaban J connectivity index is 2.10. The summed E-state index contributed by atoms with van der Waals surface area (Å²) in [5, 5.41) is 9.84. The van der Waals surface area contributed by atoms with E-state index in [1.54, 1.807) is 0 Å². The van der Waals surface area contributed by atoms with Gasteiger partial charge < -0.3 is 5.11 Å². The molecule has 2 rings (SSSR count). The van der Waals surface area contributed by atoms with Crippen LogP contribution < -0.4 is 0 Å². The average molecular weight is 320 g/mol. The van der Waals surface area contributed by atoms with Gasteiger partial charge >= 0.3 is 5.97 Å². The Labute approximate surface area is 127 Å². The molecule has 0 aliphatic rings. The molecule has 22 heavy (non-hydrogen) atoms. The molecule has 0 atom stereocenters. The number of hydrogen-bond donors (Lipinski definition) is 1. The van der Waals surface area contributed by atoms with Gasteiger partial charge in [-0.3, -0.25) is 0 Å². The number of benzene rings is 2. The molecule has 0 radical (unpaired) electrons. The molecule has 0 saturated heterocycles. The van der Waals surface area contributed by atoms with E-state index >= 15 is 0 Å². The second kappa shape index (κ2) is 6.53. The van der Waals surface area contributed by atoms with Crippen molar-refractivity contribution in [2.75, 3.05) is 0 Å². The fourth-order valence-corrected chi connectivity index (χ4v) is 2.90. The number of carbonyl (C=O) groups is 1. The number of sulfone groups is 1. The Kier molecular flexibility index (Phi) is 4.72. The van der Waals surface area contributed by atoms with Gasteiger partial charge in [0.25, 0.3) is 0 Å². The third-order valence-corrected chi connectivity index (χ3v) is 4.19. The van der Waals surface area contributed by atoms with E-state index in [1.165, 1.54) is 54.6 Å². The monoisotopic (exact) mass is 320 g/mol. The highest BCUT2D eigenvalue weighted by molar-refractivity contribution is 7.93. The number of halogens is 1. The molecule has 0 spiro atoms. The molecule has 6 heteroatoms. The number of rotatable bonds is 5. The Morgan fingerprint density at radius 1 is 1.05 bits per heavy atom. The minimum atomic E-state index is -3.49. The zero-order valence-electron chi connectivity index (χ0n) is 11.4. The quantitative estimate of drug-likeness (QED) is 0.919. The molecule has 0 aliphatic heterocycles. The largest absolute Gasteiger partial charge is 0.478 e. The zero-order valence-corrected chi connectivity index (χ0v) is 12.3. The summed E-state index contributed by atoms with van der Waals surface area (Å²) < 4.78 is 36.7. The number of carboxylic acids is 1. The van der Waals surface area contributed by atoms with E-state index in [9.17, 15) is 17.6 Å². The van der Waals surface area contributed by atoms with Gasteiger partial charge in [-0.05, 0) is 41.5 Å². The molecular weight excluding hydrogens is 307 g/mol. The van der Waals surface area contributed by atoms with Gasteiger partial charge in [0.1, 0.15) is 5.82 Å². The van der Waals surface area contributed by atoms with Crippen LogP contribution in [0.4, 0.5) is 4.39 Å². The van der Waals surface area contributed by atoms with Gasteiger partial charge in [0.2, 0.25) is 0 Å². The van der Waals surface area contributed by atoms with Gasteiger partial charge in [0, 0.05) is 5.41 Å². The van der Waals surface area contributed by atoms with Crippen LogP contribution in [0.1, 0.15) is 21.5 Å². The lowest BCUT2D eigenvalue weighted by molar-refractivity contribution is 0.0697. The minimum Gasteiger partial charge on any atom is -0.478 e. The second-order valence-electron chi connectivity index (χ2n) is 4.66. The fourth-order valence-electron chi connectivity index (χ4n) is 1.78. The maximum atomic E-state index is 12.8.